The molecule has 2 nitrogen and oxygen atoms in total. The van der Waals surface area contributed by atoms with Crippen molar-refractivity contribution in [2.45, 2.75) is 13.8 Å². The predicted molar refractivity (Wildman–Crippen MR) is 64.6 cm³/mol. The smallest absolute Gasteiger partial charge is 0.0900 e. The SMILES string of the molecule is Cc1cccc(-c2cc(Br)cc(C)n2)n1. The number of aryl methyl sites for hydroxylation is 2. The monoisotopic (exact) mass is 262 g/mol. The fourth-order valence-electron chi connectivity index (χ4n) is 1.44. The molecule has 0 saturated carbocycles. The molecule has 2 aromatic rings. The third-order valence-electron chi connectivity index (χ3n) is 2.07. The maximum absolute atomic E-state index is 4.45. The van der Waals surface area contributed by atoms with E-state index in [1.807, 2.05) is 44.2 Å². The zero-order valence-corrected chi connectivity index (χ0v) is 10.2. The standard InChI is InChI=1S/C12H11BrN2/c1-8-4-3-5-11(14-8)12-7-10(13)6-9(2)15-12/h3-7H,1-2H3. The molecule has 15 heavy (non-hydrogen) atoms. The van der Waals surface area contributed by atoms with E-state index in [0.717, 1.165) is 27.2 Å². The van der Waals surface area contributed by atoms with Gasteiger partial charge >= 0.3 is 0 Å². The number of hydrogen-bond donors (Lipinski definition) is 0. The lowest BCUT2D eigenvalue weighted by atomic mass is 10.2. The van der Waals surface area contributed by atoms with Crippen LogP contribution >= 0.6 is 15.9 Å². The molecule has 2 rings (SSSR count). The van der Waals surface area contributed by atoms with E-state index in [1.165, 1.54) is 0 Å². The van der Waals surface area contributed by atoms with E-state index in [-0.39, 0.29) is 0 Å². The van der Waals surface area contributed by atoms with E-state index >= 15 is 0 Å². The highest BCUT2D eigenvalue weighted by molar-refractivity contribution is 9.10. The first-order valence-corrected chi connectivity index (χ1v) is 5.53. The quantitative estimate of drug-likeness (QED) is 0.786. The van der Waals surface area contributed by atoms with Gasteiger partial charge in [-0.05, 0) is 38.1 Å². The van der Waals surface area contributed by atoms with Crippen LogP contribution in [-0.4, -0.2) is 9.97 Å². The summed E-state index contributed by atoms with van der Waals surface area (Å²) in [5.41, 5.74) is 3.82. The van der Waals surface area contributed by atoms with E-state index in [0.29, 0.717) is 0 Å². The van der Waals surface area contributed by atoms with Gasteiger partial charge in [-0.2, -0.15) is 0 Å². The molecule has 0 atom stereocenters. The van der Waals surface area contributed by atoms with E-state index in [9.17, 15) is 0 Å². The molecule has 0 aromatic carbocycles. The normalized spacial score (nSPS) is 10.3. The van der Waals surface area contributed by atoms with Crippen LogP contribution in [0.25, 0.3) is 11.4 Å². The molecular formula is C12H11BrN2. The van der Waals surface area contributed by atoms with E-state index in [2.05, 4.69) is 25.9 Å². The molecule has 0 N–H and O–H groups in total. The number of aromatic nitrogens is 2. The van der Waals surface area contributed by atoms with Gasteiger partial charge in [0.25, 0.3) is 0 Å². The Hall–Kier alpha value is -1.22. The molecule has 0 spiro atoms. The third kappa shape index (κ3) is 2.42. The summed E-state index contributed by atoms with van der Waals surface area (Å²) in [5.74, 6) is 0. The molecule has 0 fully saturated rings. The molecular weight excluding hydrogens is 252 g/mol. The van der Waals surface area contributed by atoms with Crippen LogP contribution in [0, 0.1) is 13.8 Å². The maximum atomic E-state index is 4.45. The molecule has 0 bridgehead atoms. The van der Waals surface area contributed by atoms with Crippen molar-refractivity contribution in [3.05, 3.63) is 46.2 Å². The first-order chi connectivity index (χ1) is 7.15. The Morgan fingerprint density at radius 3 is 2.33 bits per heavy atom. The molecule has 0 aliphatic carbocycles. The van der Waals surface area contributed by atoms with Crippen LogP contribution in [0.15, 0.2) is 34.8 Å². The van der Waals surface area contributed by atoms with Gasteiger partial charge in [-0.3, -0.25) is 9.97 Å². The van der Waals surface area contributed by atoms with Crippen LogP contribution in [-0.2, 0) is 0 Å². The minimum Gasteiger partial charge on any atom is -0.251 e. The van der Waals surface area contributed by atoms with E-state index in [4.69, 9.17) is 0 Å². The van der Waals surface area contributed by atoms with Crippen molar-refractivity contribution in [2.24, 2.45) is 0 Å². The van der Waals surface area contributed by atoms with Crippen LogP contribution in [0.5, 0.6) is 0 Å². The Balaban J connectivity index is 2.54. The van der Waals surface area contributed by atoms with Crippen LogP contribution in [0.3, 0.4) is 0 Å². The molecule has 0 aliphatic heterocycles. The highest BCUT2D eigenvalue weighted by Gasteiger charge is 2.02. The molecule has 2 aromatic heterocycles. The minimum absolute atomic E-state index is 0.908. The Labute approximate surface area is 97.5 Å². The lowest BCUT2D eigenvalue weighted by Crippen LogP contribution is -1.91. The molecule has 76 valence electrons. The summed E-state index contributed by atoms with van der Waals surface area (Å²) in [7, 11) is 0. The van der Waals surface area contributed by atoms with Crippen LogP contribution in [0.4, 0.5) is 0 Å². The van der Waals surface area contributed by atoms with E-state index < -0.39 is 0 Å². The van der Waals surface area contributed by atoms with Crippen molar-refractivity contribution in [3.8, 4) is 11.4 Å². The first kappa shape index (κ1) is 10.3. The van der Waals surface area contributed by atoms with Crippen molar-refractivity contribution in [2.75, 3.05) is 0 Å². The van der Waals surface area contributed by atoms with Gasteiger partial charge in [-0.15, -0.1) is 0 Å². The minimum atomic E-state index is 0.908. The molecule has 0 saturated heterocycles. The Kier molecular flexibility index (Phi) is 2.82. The Morgan fingerprint density at radius 1 is 0.933 bits per heavy atom. The van der Waals surface area contributed by atoms with Gasteiger partial charge < -0.3 is 0 Å². The lowest BCUT2D eigenvalue weighted by molar-refractivity contribution is 1.14. The molecule has 0 amide bonds. The summed E-state index contributed by atoms with van der Waals surface area (Å²) in [6.45, 7) is 3.96. The number of hydrogen-bond acceptors (Lipinski definition) is 2. The maximum Gasteiger partial charge on any atom is 0.0900 e. The van der Waals surface area contributed by atoms with Gasteiger partial charge in [0, 0.05) is 15.9 Å². The van der Waals surface area contributed by atoms with Gasteiger partial charge in [0.2, 0.25) is 0 Å². The largest absolute Gasteiger partial charge is 0.251 e. The summed E-state index contributed by atoms with van der Waals surface area (Å²) in [4.78, 5) is 8.90. The number of nitrogens with zero attached hydrogens (tertiary/aromatic N) is 2. The average molecular weight is 263 g/mol. The summed E-state index contributed by atoms with van der Waals surface area (Å²) in [5, 5.41) is 0. The van der Waals surface area contributed by atoms with Gasteiger partial charge in [-0.1, -0.05) is 22.0 Å². The summed E-state index contributed by atoms with van der Waals surface area (Å²) in [6, 6.07) is 9.92. The second-order valence-electron chi connectivity index (χ2n) is 3.48. The molecule has 0 aliphatic rings. The third-order valence-corrected chi connectivity index (χ3v) is 2.53. The highest BCUT2D eigenvalue weighted by atomic mass is 79.9. The zero-order chi connectivity index (χ0) is 10.8. The van der Waals surface area contributed by atoms with Crippen molar-refractivity contribution < 1.29 is 0 Å². The molecule has 0 radical (unpaired) electrons. The average Bonchev–Trinajstić information content (AvgIpc) is 2.16. The fourth-order valence-corrected chi connectivity index (χ4v) is 1.99. The van der Waals surface area contributed by atoms with Gasteiger partial charge in [0.1, 0.15) is 0 Å². The summed E-state index contributed by atoms with van der Waals surface area (Å²) < 4.78 is 1.04. The van der Waals surface area contributed by atoms with Gasteiger partial charge in [0.15, 0.2) is 0 Å². The number of rotatable bonds is 1. The molecule has 3 heteroatoms. The lowest BCUT2D eigenvalue weighted by Gasteiger charge is -2.03. The topological polar surface area (TPSA) is 25.8 Å². The van der Waals surface area contributed by atoms with Crippen molar-refractivity contribution >= 4 is 15.9 Å². The second-order valence-corrected chi connectivity index (χ2v) is 4.39. The fraction of sp³-hybridized carbons (Fsp3) is 0.167. The van der Waals surface area contributed by atoms with Gasteiger partial charge in [-0.25, -0.2) is 0 Å². The zero-order valence-electron chi connectivity index (χ0n) is 8.66. The van der Waals surface area contributed by atoms with Crippen molar-refractivity contribution in [1.82, 2.24) is 9.97 Å². The Morgan fingerprint density at radius 2 is 1.67 bits per heavy atom. The Bertz CT molecular complexity index is 474. The highest BCUT2D eigenvalue weighted by Crippen LogP contribution is 2.20. The predicted octanol–water partition coefficient (Wildman–Crippen LogP) is 3.52. The van der Waals surface area contributed by atoms with Gasteiger partial charge in [0.05, 0.1) is 11.4 Å². The van der Waals surface area contributed by atoms with Crippen LogP contribution in [0.2, 0.25) is 0 Å². The summed E-state index contributed by atoms with van der Waals surface area (Å²) >= 11 is 3.46. The van der Waals surface area contributed by atoms with Crippen LogP contribution < -0.4 is 0 Å². The van der Waals surface area contributed by atoms with Crippen molar-refractivity contribution in [3.63, 3.8) is 0 Å². The summed E-state index contributed by atoms with van der Waals surface area (Å²) in [6.07, 6.45) is 0. The van der Waals surface area contributed by atoms with Crippen LogP contribution in [0.1, 0.15) is 11.4 Å². The van der Waals surface area contributed by atoms with Crippen molar-refractivity contribution in [1.29, 1.82) is 0 Å². The van der Waals surface area contributed by atoms with E-state index in [1.54, 1.807) is 0 Å². The number of pyridine rings is 2. The molecule has 2 heterocycles. The number of halogens is 1. The first-order valence-electron chi connectivity index (χ1n) is 4.73. The second kappa shape index (κ2) is 4.11. The molecule has 0 unspecified atom stereocenters.